The molecule has 1 aromatic rings. The maximum absolute atomic E-state index is 11.6. The second-order valence-electron chi connectivity index (χ2n) is 3.21. The lowest BCUT2D eigenvalue weighted by atomic mass is 10.2. The fourth-order valence-corrected chi connectivity index (χ4v) is 1.31. The molecule has 1 aliphatic rings. The summed E-state index contributed by atoms with van der Waals surface area (Å²) >= 11 is 0. The molecule has 7 nitrogen and oxygen atoms in total. The molecule has 1 unspecified atom stereocenters. The third-order valence-electron chi connectivity index (χ3n) is 2.09. The molecule has 0 saturated carbocycles. The Balaban J connectivity index is 1.96. The number of nitrogens with one attached hydrogen (secondary N) is 3. The third kappa shape index (κ3) is 2.39. The maximum atomic E-state index is 11.6. The highest BCUT2D eigenvalue weighted by atomic mass is 16.5. The Bertz CT molecular complexity index is 347. The molecule has 7 heteroatoms. The molecule has 1 aromatic heterocycles. The summed E-state index contributed by atoms with van der Waals surface area (Å²) < 4.78 is 0.561. The van der Waals surface area contributed by atoms with E-state index in [4.69, 9.17) is 0 Å². The minimum atomic E-state index is -0.244. The SMILES string of the molecule is O=C(Nc1cc[n+]([O-])cn1)C1CCNN1. The van der Waals surface area contributed by atoms with Crippen LogP contribution in [0.15, 0.2) is 18.6 Å². The number of anilines is 1. The molecule has 2 rings (SSSR count). The van der Waals surface area contributed by atoms with E-state index in [2.05, 4.69) is 21.2 Å². The van der Waals surface area contributed by atoms with Crippen molar-refractivity contribution >= 4 is 11.7 Å². The molecule has 0 spiro atoms. The van der Waals surface area contributed by atoms with Crippen molar-refractivity contribution in [2.45, 2.75) is 12.5 Å². The normalized spacial score (nSPS) is 20.1. The molecular weight excluding hydrogens is 198 g/mol. The number of carbonyl (C=O) groups is 1. The van der Waals surface area contributed by atoms with Crippen LogP contribution in [0.2, 0.25) is 0 Å². The van der Waals surface area contributed by atoms with Crippen molar-refractivity contribution < 1.29 is 9.52 Å². The smallest absolute Gasteiger partial charge is 0.291 e. The van der Waals surface area contributed by atoms with Crippen molar-refractivity contribution in [1.29, 1.82) is 0 Å². The largest absolute Gasteiger partial charge is 0.711 e. The fraction of sp³-hybridized carbons (Fsp3) is 0.375. The maximum Gasteiger partial charge on any atom is 0.291 e. The number of nitrogens with zero attached hydrogens (tertiary/aromatic N) is 2. The standard InChI is InChI=1S/C8H11N5O2/c14-8(6-1-3-10-12-6)11-7-2-4-13(15)5-9-7/h2,4-6,10,12H,1,3H2,(H,9,11,14). The monoisotopic (exact) mass is 209 g/mol. The Kier molecular flexibility index (Phi) is 2.75. The zero-order valence-corrected chi connectivity index (χ0v) is 7.93. The van der Waals surface area contributed by atoms with Gasteiger partial charge in [-0.2, -0.15) is 0 Å². The van der Waals surface area contributed by atoms with Crippen LogP contribution in [-0.2, 0) is 4.79 Å². The van der Waals surface area contributed by atoms with Crippen LogP contribution in [0.25, 0.3) is 0 Å². The van der Waals surface area contributed by atoms with Gasteiger partial charge in [-0.05, 0) is 11.4 Å². The summed E-state index contributed by atoms with van der Waals surface area (Å²) in [4.78, 5) is 15.3. The van der Waals surface area contributed by atoms with Crippen LogP contribution in [-0.4, -0.2) is 23.5 Å². The molecule has 0 aromatic carbocycles. The summed E-state index contributed by atoms with van der Waals surface area (Å²) in [5.41, 5.74) is 5.69. The molecule has 15 heavy (non-hydrogen) atoms. The van der Waals surface area contributed by atoms with E-state index in [0.717, 1.165) is 19.3 Å². The van der Waals surface area contributed by atoms with Gasteiger partial charge < -0.3 is 5.21 Å². The van der Waals surface area contributed by atoms with E-state index in [0.29, 0.717) is 10.5 Å². The summed E-state index contributed by atoms with van der Waals surface area (Å²) in [7, 11) is 0. The molecule has 3 N–H and O–H groups in total. The van der Waals surface area contributed by atoms with Crippen LogP contribution in [0.3, 0.4) is 0 Å². The highest BCUT2D eigenvalue weighted by Gasteiger charge is 2.22. The van der Waals surface area contributed by atoms with Crippen molar-refractivity contribution in [3.63, 3.8) is 0 Å². The Morgan fingerprint density at radius 3 is 3.20 bits per heavy atom. The Labute approximate surface area is 86.1 Å². The van der Waals surface area contributed by atoms with Gasteiger partial charge in [0.2, 0.25) is 5.91 Å². The number of hydrazine groups is 1. The average Bonchev–Trinajstić information content (AvgIpc) is 2.74. The molecule has 2 heterocycles. The van der Waals surface area contributed by atoms with E-state index in [9.17, 15) is 10.0 Å². The van der Waals surface area contributed by atoms with Crippen LogP contribution in [0, 0.1) is 5.21 Å². The first-order chi connectivity index (χ1) is 7.25. The van der Waals surface area contributed by atoms with Gasteiger partial charge in [0.05, 0.1) is 6.20 Å². The predicted molar refractivity (Wildman–Crippen MR) is 51.4 cm³/mol. The van der Waals surface area contributed by atoms with E-state index in [-0.39, 0.29) is 11.9 Å². The molecule has 1 saturated heterocycles. The molecule has 1 amide bonds. The fourth-order valence-electron chi connectivity index (χ4n) is 1.31. The van der Waals surface area contributed by atoms with Crippen molar-refractivity contribution in [1.82, 2.24) is 15.8 Å². The van der Waals surface area contributed by atoms with Crippen LogP contribution < -0.4 is 20.9 Å². The summed E-state index contributed by atoms with van der Waals surface area (Å²) in [6.45, 7) is 0.765. The van der Waals surface area contributed by atoms with Gasteiger partial charge in [-0.25, -0.2) is 10.2 Å². The molecule has 0 bridgehead atoms. The summed E-state index contributed by atoms with van der Waals surface area (Å²) in [5, 5.41) is 13.3. The number of amides is 1. The van der Waals surface area contributed by atoms with Crippen molar-refractivity contribution in [2.24, 2.45) is 0 Å². The van der Waals surface area contributed by atoms with Crippen LogP contribution in [0.5, 0.6) is 0 Å². The Hall–Kier alpha value is -1.73. The second kappa shape index (κ2) is 4.20. The predicted octanol–water partition coefficient (Wildman–Crippen LogP) is -1.48. The molecule has 80 valence electrons. The lowest BCUT2D eigenvalue weighted by Crippen LogP contribution is -2.39. The van der Waals surface area contributed by atoms with E-state index in [1.54, 1.807) is 0 Å². The lowest BCUT2D eigenvalue weighted by Gasteiger charge is -2.07. The molecule has 1 aliphatic heterocycles. The van der Waals surface area contributed by atoms with Gasteiger partial charge in [0.15, 0.2) is 0 Å². The second-order valence-corrected chi connectivity index (χ2v) is 3.21. The van der Waals surface area contributed by atoms with Gasteiger partial charge in [-0.3, -0.25) is 15.5 Å². The summed E-state index contributed by atoms with van der Waals surface area (Å²) in [5.74, 6) is 0.219. The molecular formula is C8H11N5O2. The van der Waals surface area contributed by atoms with Gasteiger partial charge in [0.25, 0.3) is 12.1 Å². The molecule has 1 fully saturated rings. The average molecular weight is 209 g/mol. The van der Waals surface area contributed by atoms with Crippen LogP contribution in [0.4, 0.5) is 5.82 Å². The highest BCUT2D eigenvalue weighted by Crippen LogP contribution is 2.02. The van der Waals surface area contributed by atoms with Crippen molar-refractivity contribution in [2.75, 3.05) is 11.9 Å². The van der Waals surface area contributed by atoms with Gasteiger partial charge in [-0.1, -0.05) is 0 Å². The van der Waals surface area contributed by atoms with Gasteiger partial charge in [-0.15, -0.1) is 0 Å². The first-order valence-electron chi connectivity index (χ1n) is 4.60. The van der Waals surface area contributed by atoms with E-state index >= 15 is 0 Å². The van der Waals surface area contributed by atoms with Crippen LogP contribution in [0.1, 0.15) is 6.42 Å². The minimum absolute atomic E-state index is 0.156. The molecule has 0 aliphatic carbocycles. The number of rotatable bonds is 2. The zero-order chi connectivity index (χ0) is 10.7. The molecule has 1 atom stereocenters. The zero-order valence-electron chi connectivity index (χ0n) is 7.93. The summed E-state index contributed by atoms with van der Waals surface area (Å²) in [6, 6.07) is 1.21. The van der Waals surface area contributed by atoms with Crippen LogP contribution >= 0.6 is 0 Å². The third-order valence-corrected chi connectivity index (χ3v) is 2.09. The lowest BCUT2D eigenvalue weighted by molar-refractivity contribution is -0.608. The van der Waals surface area contributed by atoms with E-state index in [1.807, 2.05) is 0 Å². The number of aromatic nitrogens is 2. The number of hydrogen-bond donors (Lipinski definition) is 3. The van der Waals surface area contributed by atoms with Gasteiger partial charge >= 0.3 is 0 Å². The number of carbonyl (C=O) groups excluding carboxylic acids is 1. The quantitative estimate of drug-likeness (QED) is 0.408. The van der Waals surface area contributed by atoms with Gasteiger partial charge in [0.1, 0.15) is 6.04 Å². The van der Waals surface area contributed by atoms with E-state index < -0.39 is 0 Å². The summed E-state index contributed by atoms with van der Waals surface area (Å²) in [6.07, 6.45) is 3.11. The topological polar surface area (TPSA) is 93.0 Å². The molecule has 0 radical (unpaired) electrons. The minimum Gasteiger partial charge on any atom is -0.711 e. The van der Waals surface area contributed by atoms with Crippen molar-refractivity contribution in [3.8, 4) is 0 Å². The first kappa shape index (κ1) is 9.81. The number of hydrogen-bond acceptors (Lipinski definition) is 5. The van der Waals surface area contributed by atoms with E-state index in [1.165, 1.54) is 12.3 Å². The Morgan fingerprint density at radius 2 is 2.60 bits per heavy atom. The van der Waals surface area contributed by atoms with Crippen molar-refractivity contribution in [3.05, 3.63) is 23.8 Å². The first-order valence-corrected chi connectivity index (χ1v) is 4.60. The Morgan fingerprint density at radius 1 is 1.73 bits per heavy atom. The van der Waals surface area contributed by atoms with Gasteiger partial charge in [0, 0.05) is 12.6 Å². The highest BCUT2D eigenvalue weighted by molar-refractivity contribution is 5.94.